The van der Waals surface area contributed by atoms with Gasteiger partial charge in [0.15, 0.2) is 0 Å². The first-order chi connectivity index (χ1) is 23.2. The quantitative estimate of drug-likeness (QED) is 0.220. The number of carbonyl (C=O) groups is 1. The van der Waals surface area contributed by atoms with E-state index in [0.29, 0.717) is 69.9 Å². The normalized spacial score (nSPS) is 21.9. The van der Waals surface area contributed by atoms with Crippen molar-refractivity contribution in [2.45, 2.75) is 50.9 Å². The van der Waals surface area contributed by atoms with Crippen LogP contribution in [-0.2, 0) is 22.5 Å². The van der Waals surface area contributed by atoms with Crippen molar-refractivity contribution in [2.75, 3.05) is 69.4 Å². The summed E-state index contributed by atoms with van der Waals surface area (Å²) in [6.07, 6.45) is 4.41. The molecule has 0 N–H and O–H groups in total. The third kappa shape index (κ3) is 6.17. The molecule has 1 amide bonds. The van der Waals surface area contributed by atoms with Crippen LogP contribution >= 0.6 is 11.6 Å². The van der Waals surface area contributed by atoms with Crippen LogP contribution in [0.3, 0.4) is 0 Å². The molecule has 48 heavy (non-hydrogen) atoms. The Labute approximate surface area is 285 Å². The summed E-state index contributed by atoms with van der Waals surface area (Å²) in [5, 5.41) is 1.65. The van der Waals surface area contributed by atoms with E-state index >= 15 is 0 Å². The van der Waals surface area contributed by atoms with Crippen molar-refractivity contribution in [3.05, 3.63) is 76.5 Å². The molecule has 1 saturated carbocycles. The Morgan fingerprint density at radius 2 is 2.08 bits per heavy atom. The lowest BCUT2D eigenvalue weighted by Crippen LogP contribution is -2.56. The van der Waals surface area contributed by atoms with Gasteiger partial charge in [0.1, 0.15) is 24.3 Å². The second-order valence-corrected chi connectivity index (χ2v) is 14.2. The van der Waals surface area contributed by atoms with E-state index < -0.39 is 5.82 Å². The molecule has 12 heteroatoms. The van der Waals surface area contributed by atoms with Gasteiger partial charge in [-0.2, -0.15) is 9.97 Å². The van der Waals surface area contributed by atoms with Crippen LogP contribution in [0.25, 0.3) is 15.6 Å². The third-order valence-corrected chi connectivity index (χ3v) is 10.6. The number of nitrogens with zero attached hydrogens (tertiary/aromatic N) is 7. The van der Waals surface area contributed by atoms with Gasteiger partial charge in [0.2, 0.25) is 12.5 Å². The van der Waals surface area contributed by atoms with Crippen LogP contribution in [0.4, 0.5) is 15.9 Å². The molecule has 3 aliphatic heterocycles. The summed E-state index contributed by atoms with van der Waals surface area (Å²) >= 11 is 6.57. The highest BCUT2D eigenvalue weighted by molar-refractivity contribution is 6.36. The van der Waals surface area contributed by atoms with Crippen LogP contribution in [0.2, 0.25) is 5.02 Å². The zero-order chi connectivity index (χ0) is 33.6. The fourth-order valence-electron chi connectivity index (χ4n) is 7.46. The molecule has 0 spiro atoms. The largest absolute Gasteiger partial charge is 0.463 e. The van der Waals surface area contributed by atoms with Crippen LogP contribution in [0, 0.1) is 17.8 Å². The van der Waals surface area contributed by atoms with E-state index in [2.05, 4.69) is 40.1 Å². The van der Waals surface area contributed by atoms with Crippen molar-refractivity contribution in [3.63, 3.8) is 0 Å². The monoisotopic (exact) mass is 673 g/mol. The number of hydrogen-bond donors (Lipinski definition) is 0. The Kier molecular flexibility index (Phi) is 8.92. The Hall–Kier alpha value is -3.98. The minimum Gasteiger partial charge on any atom is -0.463 e. The summed E-state index contributed by atoms with van der Waals surface area (Å²) in [5.41, 5.74) is 2.57. The van der Waals surface area contributed by atoms with Crippen LogP contribution in [-0.4, -0.2) is 103 Å². The van der Waals surface area contributed by atoms with Crippen molar-refractivity contribution in [1.82, 2.24) is 19.8 Å². The van der Waals surface area contributed by atoms with Crippen LogP contribution < -0.4 is 14.5 Å². The number of aromatic nitrogens is 2. The van der Waals surface area contributed by atoms with E-state index in [9.17, 15) is 9.18 Å². The van der Waals surface area contributed by atoms with Gasteiger partial charge in [0, 0.05) is 54.9 Å². The van der Waals surface area contributed by atoms with Crippen molar-refractivity contribution in [1.29, 1.82) is 0 Å². The number of benzene rings is 2. The number of rotatable bonds is 10. The van der Waals surface area contributed by atoms with E-state index in [1.807, 2.05) is 18.2 Å². The molecule has 7 rings (SSSR count). The van der Waals surface area contributed by atoms with Gasteiger partial charge in [-0.3, -0.25) is 4.79 Å². The number of piperazine rings is 1. The molecule has 0 radical (unpaired) electrons. The molecule has 4 heterocycles. The fourth-order valence-corrected chi connectivity index (χ4v) is 7.72. The molecule has 0 bridgehead atoms. The molecule has 4 aliphatic rings. The minimum absolute atomic E-state index is 0.0209. The van der Waals surface area contributed by atoms with Crippen molar-refractivity contribution in [2.24, 2.45) is 5.41 Å². The van der Waals surface area contributed by atoms with Gasteiger partial charge in [-0.05, 0) is 56.8 Å². The molecule has 10 nitrogen and oxygen atoms in total. The third-order valence-electron chi connectivity index (χ3n) is 10.2. The van der Waals surface area contributed by atoms with Gasteiger partial charge in [0.25, 0.3) is 0 Å². The Bertz CT molecular complexity index is 1770. The Morgan fingerprint density at radius 3 is 2.79 bits per heavy atom. The van der Waals surface area contributed by atoms with E-state index in [1.165, 1.54) is 25.0 Å². The average molecular weight is 674 g/mol. The van der Waals surface area contributed by atoms with E-state index in [4.69, 9.17) is 37.6 Å². The number of fused-ring (bicyclic) bond motifs is 2. The number of halogens is 2. The van der Waals surface area contributed by atoms with Gasteiger partial charge in [0.05, 0.1) is 35.9 Å². The van der Waals surface area contributed by atoms with Crippen molar-refractivity contribution >= 4 is 39.8 Å². The predicted octanol–water partition coefficient (Wildman–Crippen LogP) is 4.99. The molecular formula is C36H41ClFN7O3. The molecule has 3 fully saturated rings. The van der Waals surface area contributed by atoms with Crippen LogP contribution in [0.1, 0.15) is 31.0 Å². The second-order valence-electron chi connectivity index (χ2n) is 13.8. The molecule has 252 valence electrons. The molecule has 1 aliphatic carbocycles. The van der Waals surface area contributed by atoms with Gasteiger partial charge >= 0.3 is 6.01 Å². The molecule has 1 unspecified atom stereocenters. The first kappa shape index (κ1) is 32.6. The summed E-state index contributed by atoms with van der Waals surface area (Å²) in [7, 11) is 2.17. The van der Waals surface area contributed by atoms with Crippen molar-refractivity contribution < 1.29 is 18.7 Å². The van der Waals surface area contributed by atoms with Gasteiger partial charge in [-0.1, -0.05) is 36.4 Å². The second kappa shape index (κ2) is 13.1. The summed E-state index contributed by atoms with van der Waals surface area (Å²) in [6.45, 7) is 18.0. The molecule has 2 aromatic carbocycles. The maximum absolute atomic E-state index is 14.7. The minimum atomic E-state index is -0.453. The highest BCUT2D eigenvalue weighted by Gasteiger charge is 2.43. The van der Waals surface area contributed by atoms with Crippen LogP contribution in [0.15, 0.2) is 43.0 Å². The highest BCUT2D eigenvalue weighted by Crippen LogP contribution is 2.40. The molecule has 2 saturated heterocycles. The first-order valence-electron chi connectivity index (χ1n) is 16.7. The summed E-state index contributed by atoms with van der Waals surface area (Å²) in [6, 6.07) is 9.70. The topological polar surface area (TPSA) is 78.6 Å². The molecule has 2 atom stereocenters. The fraction of sp³-hybridized carbons (Fsp3) is 0.500. The standard InChI is InChI=1S/C36H41ClFN7O3/c1-5-31(46)44-14-13-43(17-26(44)16-39-3)34-27-15-23(2)45(30-8-6-7-24-9-12-28(38)33(37)32(24)30)18-29(27)40-35(41-34)48-22-36(20-47-21-36)19-42(4)25-10-11-25/h5-9,12,23,25-26H,1,10-11,13-22H2,2,4H3/t23?,26-/m0/s1. The number of anilines is 2. The number of amides is 1. The Balaban J connectivity index is 1.24. The zero-order valence-corrected chi connectivity index (χ0v) is 28.3. The first-order valence-corrected chi connectivity index (χ1v) is 17.0. The van der Waals surface area contributed by atoms with Gasteiger partial charge < -0.3 is 33.9 Å². The molecule has 1 aromatic heterocycles. The lowest BCUT2D eigenvalue weighted by atomic mass is 9.86. The Morgan fingerprint density at radius 1 is 1.27 bits per heavy atom. The lowest BCUT2D eigenvalue weighted by Gasteiger charge is -2.43. The average Bonchev–Trinajstić information content (AvgIpc) is 3.93. The van der Waals surface area contributed by atoms with E-state index in [0.717, 1.165) is 34.7 Å². The summed E-state index contributed by atoms with van der Waals surface area (Å²) < 4.78 is 26.9. The summed E-state index contributed by atoms with van der Waals surface area (Å²) in [5.74, 6) is 0.153. The maximum atomic E-state index is 14.7. The number of hydrogen-bond acceptors (Lipinski definition) is 8. The number of carbonyl (C=O) groups excluding carboxylic acids is 1. The predicted molar refractivity (Wildman–Crippen MR) is 184 cm³/mol. The smallest absolute Gasteiger partial charge is 0.318 e. The van der Waals surface area contributed by atoms with Crippen molar-refractivity contribution in [3.8, 4) is 6.01 Å². The van der Waals surface area contributed by atoms with Crippen LogP contribution in [0.5, 0.6) is 6.01 Å². The van der Waals surface area contributed by atoms with E-state index in [-0.39, 0.29) is 35.0 Å². The SMILES string of the molecule is [C-]#[N+]C[C@H]1CN(c2nc(OCC3(CN(C)C4CC4)COC3)nc3c2CC(C)N(c2cccc4ccc(F)c(Cl)c24)C3)CCN1C(=O)C=C. The van der Waals surface area contributed by atoms with Gasteiger partial charge in [-0.25, -0.2) is 11.0 Å². The highest BCUT2D eigenvalue weighted by atomic mass is 35.5. The maximum Gasteiger partial charge on any atom is 0.318 e. The van der Waals surface area contributed by atoms with E-state index in [1.54, 1.807) is 11.0 Å². The number of ether oxygens (including phenoxy) is 2. The lowest BCUT2D eigenvalue weighted by molar-refractivity contribution is -0.143. The summed E-state index contributed by atoms with van der Waals surface area (Å²) in [4.78, 5) is 34.9. The van der Waals surface area contributed by atoms with Gasteiger partial charge in [-0.15, -0.1) is 0 Å². The molecule has 3 aromatic rings. The molecular weight excluding hydrogens is 633 g/mol. The zero-order valence-electron chi connectivity index (χ0n) is 27.5.